The predicted octanol–water partition coefficient (Wildman–Crippen LogP) is 1.42. The predicted molar refractivity (Wildman–Crippen MR) is 61.2 cm³/mol. The number of halogens is 1. The summed E-state index contributed by atoms with van der Waals surface area (Å²) in [5.41, 5.74) is 6.31. The highest BCUT2D eigenvalue weighted by Crippen LogP contribution is 2.17. The Kier molecular flexibility index (Phi) is 4.03. The van der Waals surface area contributed by atoms with Crippen LogP contribution in [0.4, 0.5) is 10.1 Å². The van der Waals surface area contributed by atoms with Gasteiger partial charge in [0.1, 0.15) is 5.82 Å². The molecule has 0 heterocycles. The van der Waals surface area contributed by atoms with Gasteiger partial charge in [-0.25, -0.2) is 4.39 Å². The molecule has 4 heteroatoms. The summed E-state index contributed by atoms with van der Waals surface area (Å²) in [5, 5.41) is 2.54. The second kappa shape index (κ2) is 5.29. The van der Waals surface area contributed by atoms with E-state index in [4.69, 9.17) is 12.2 Å². The van der Waals surface area contributed by atoms with E-state index in [9.17, 15) is 9.18 Å². The Bertz CT molecular complexity index is 437. The first-order valence-electron chi connectivity index (χ1n) is 4.81. The number of amides is 1. The molecule has 0 radical (unpaired) electrons. The van der Waals surface area contributed by atoms with Gasteiger partial charge in [0.15, 0.2) is 0 Å². The third kappa shape index (κ3) is 2.81. The first kappa shape index (κ1) is 12.2. The quantitative estimate of drug-likeness (QED) is 0.757. The van der Waals surface area contributed by atoms with Gasteiger partial charge in [-0.3, -0.25) is 4.79 Å². The lowest BCUT2D eigenvalue weighted by molar-refractivity contribution is -0.117. The van der Waals surface area contributed by atoms with Crippen molar-refractivity contribution in [3.63, 3.8) is 0 Å². The number of hydrogen-bond donors (Lipinski definition) is 2. The normalized spacial score (nSPS) is 11.6. The molecular weight excluding hydrogens is 207 g/mol. The minimum absolute atomic E-state index is 0.153. The number of carbonyl (C=O) groups is 1. The van der Waals surface area contributed by atoms with Crippen LogP contribution in [-0.4, -0.2) is 11.9 Å². The zero-order valence-electron chi connectivity index (χ0n) is 8.96. The number of rotatable bonds is 3. The maximum absolute atomic E-state index is 13.2. The molecule has 1 rings (SSSR count). The van der Waals surface area contributed by atoms with E-state index in [2.05, 4.69) is 11.2 Å². The highest BCUT2D eigenvalue weighted by Gasteiger charge is 2.13. The molecule has 0 aliphatic rings. The highest BCUT2D eigenvalue weighted by atomic mass is 19.1. The second-order valence-corrected chi connectivity index (χ2v) is 3.42. The van der Waals surface area contributed by atoms with E-state index in [0.29, 0.717) is 11.3 Å². The fourth-order valence-corrected chi connectivity index (χ4v) is 1.19. The summed E-state index contributed by atoms with van der Waals surface area (Å²) in [6.45, 7) is 1.58. The Hall–Kier alpha value is -1.86. The molecule has 84 valence electrons. The smallest absolute Gasteiger partial charge is 0.242 e. The topological polar surface area (TPSA) is 55.1 Å². The minimum Gasteiger partial charge on any atom is -0.324 e. The zero-order chi connectivity index (χ0) is 12.1. The van der Waals surface area contributed by atoms with E-state index >= 15 is 0 Å². The van der Waals surface area contributed by atoms with Gasteiger partial charge in [-0.05, 0) is 19.1 Å². The fraction of sp³-hybridized carbons (Fsp3) is 0.250. The number of carbonyl (C=O) groups excluding carboxylic acids is 1. The van der Waals surface area contributed by atoms with E-state index in [1.807, 2.05) is 0 Å². The van der Waals surface area contributed by atoms with Crippen molar-refractivity contribution in [1.82, 2.24) is 0 Å². The first-order chi connectivity index (χ1) is 7.56. The number of nitrogens with two attached hydrogens (primary N) is 1. The summed E-state index contributed by atoms with van der Waals surface area (Å²) in [4.78, 5) is 11.5. The monoisotopic (exact) mass is 220 g/mol. The van der Waals surface area contributed by atoms with Gasteiger partial charge in [-0.15, -0.1) is 12.3 Å². The largest absolute Gasteiger partial charge is 0.324 e. The van der Waals surface area contributed by atoms with Crippen LogP contribution in [0.5, 0.6) is 0 Å². The summed E-state index contributed by atoms with van der Waals surface area (Å²) in [6.07, 6.45) is 5.20. The zero-order valence-corrected chi connectivity index (χ0v) is 8.96. The van der Waals surface area contributed by atoms with Crippen molar-refractivity contribution in [2.75, 3.05) is 5.32 Å². The standard InChI is InChI=1S/C12H13FN2O/c1-3-5-10(14)12(16)15-11-7-4-6-9(13)8(11)2/h1,4,6-7,10H,5,14H2,2H3,(H,15,16). The minimum atomic E-state index is -0.771. The van der Waals surface area contributed by atoms with Gasteiger partial charge in [0.25, 0.3) is 0 Å². The maximum Gasteiger partial charge on any atom is 0.242 e. The van der Waals surface area contributed by atoms with Crippen molar-refractivity contribution in [3.8, 4) is 12.3 Å². The second-order valence-electron chi connectivity index (χ2n) is 3.42. The SMILES string of the molecule is C#CCC(N)C(=O)Nc1cccc(F)c1C. The lowest BCUT2D eigenvalue weighted by Gasteiger charge is -2.11. The lowest BCUT2D eigenvalue weighted by Crippen LogP contribution is -2.35. The Morgan fingerprint density at radius 3 is 3.00 bits per heavy atom. The van der Waals surface area contributed by atoms with Crippen molar-refractivity contribution >= 4 is 11.6 Å². The van der Waals surface area contributed by atoms with Crippen LogP contribution < -0.4 is 11.1 Å². The molecule has 1 unspecified atom stereocenters. The molecule has 3 N–H and O–H groups in total. The fourth-order valence-electron chi connectivity index (χ4n) is 1.19. The molecule has 3 nitrogen and oxygen atoms in total. The van der Waals surface area contributed by atoms with Crippen molar-refractivity contribution in [3.05, 3.63) is 29.6 Å². The van der Waals surface area contributed by atoms with E-state index in [1.165, 1.54) is 12.1 Å². The summed E-state index contributed by atoms with van der Waals surface area (Å²) in [6, 6.07) is 3.68. The lowest BCUT2D eigenvalue weighted by atomic mass is 10.1. The Morgan fingerprint density at radius 2 is 2.38 bits per heavy atom. The summed E-state index contributed by atoms with van der Waals surface area (Å²) >= 11 is 0. The molecule has 1 aromatic rings. The third-order valence-corrected chi connectivity index (χ3v) is 2.20. The molecule has 0 aromatic heterocycles. The number of benzene rings is 1. The average molecular weight is 220 g/mol. The van der Waals surface area contributed by atoms with E-state index in [0.717, 1.165) is 0 Å². The molecule has 0 aliphatic carbocycles. The van der Waals surface area contributed by atoms with Crippen LogP contribution in [0.1, 0.15) is 12.0 Å². The highest BCUT2D eigenvalue weighted by molar-refractivity contribution is 5.95. The van der Waals surface area contributed by atoms with Crippen molar-refractivity contribution in [2.24, 2.45) is 5.73 Å². The Balaban J connectivity index is 2.78. The summed E-state index contributed by atoms with van der Waals surface area (Å²) in [5.74, 6) is 1.52. The van der Waals surface area contributed by atoms with Gasteiger partial charge in [0.2, 0.25) is 5.91 Å². The molecule has 1 atom stereocenters. The molecule has 0 aliphatic heterocycles. The molecule has 0 fully saturated rings. The van der Waals surface area contributed by atoms with Crippen LogP contribution in [0.3, 0.4) is 0 Å². The maximum atomic E-state index is 13.2. The summed E-state index contributed by atoms with van der Waals surface area (Å²) in [7, 11) is 0. The Labute approximate surface area is 93.8 Å². The van der Waals surface area contributed by atoms with E-state index < -0.39 is 11.9 Å². The average Bonchev–Trinajstić information content (AvgIpc) is 2.25. The molecule has 1 amide bonds. The number of anilines is 1. The number of terminal acetylenes is 1. The van der Waals surface area contributed by atoms with Crippen LogP contribution in [0.25, 0.3) is 0 Å². The van der Waals surface area contributed by atoms with Crippen LogP contribution in [0, 0.1) is 25.1 Å². The molecule has 0 saturated carbocycles. The van der Waals surface area contributed by atoms with E-state index in [1.54, 1.807) is 13.0 Å². The van der Waals surface area contributed by atoms with Crippen molar-refractivity contribution < 1.29 is 9.18 Å². The van der Waals surface area contributed by atoms with Gasteiger partial charge in [-0.1, -0.05) is 6.07 Å². The molecule has 0 spiro atoms. The third-order valence-electron chi connectivity index (χ3n) is 2.20. The number of hydrogen-bond acceptors (Lipinski definition) is 2. The van der Waals surface area contributed by atoms with E-state index in [-0.39, 0.29) is 12.2 Å². The van der Waals surface area contributed by atoms with Gasteiger partial charge < -0.3 is 11.1 Å². The summed E-state index contributed by atoms with van der Waals surface area (Å²) < 4.78 is 13.2. The molecule has 0 saturated heterocycles. The molecule has 0 bridgehead atoms. The van der Waals surface area contributed by atoms with Crippen molar-refractivity contribution in [2.45, 2.75) is 19.4 Å². The number of nitrogens with one attached hydrogen (secondary N) is 1. The van der Waals surface area contributed by atoms with Crippen molar-refractivity contribution in [1.29, 1.82) is 0 Å². The van der Waals surface area contributed by atoms with Crippen LogP contribution in [0.15, 0.2) is 18.2 Å². The van der Waals surface area contributed by atoms with Crippen LogP contribution >= 0.6 is 0 Å². The van der Waals surface area contributed by atoms with Gasteiger partial charge >= 0.3 is 0 Å². The molecular formula is C12H13FN2O. The van der Waals surface area contributed by atoms with Gasteiger partial charge in [0, 0.05) is 17.7 Å². The first-order valence-corrected chi connectivity index (χ1v) is 4.81. The molecule has 1 aromatic carbocycles. The van der Waals surface area contributed by atoms with Crippen LogP contribution in [0.2, 0.25) is 0 Å². The van der Waals surface area contributed by atoms with Gasteiger partial charge in [0.05, 0.1) is 6.04 Å². The Morgan fingerprint density at radius 1 is 1.69 bits per heavy atom. The van der Waals surface area contributed by atoms with Gasteiger partial charge in [-0.2, -0.15) is 0 Å². The molecule has 16 heavy (non-hydrogen) atoms. The van der Waals surface area contributed by atoms with Crippen LogP contribution in [-0.2, 0) is 4.79 Å².